The molecule has 0 aliphatic heterocycles. The zero-order valence-electron chi connectivity index (χ0n) is 14.4. The molecular formula is C16H13ClFN7O3S. The number of urea groups is 1. The average molecular weight is 438 g/mol. The van der Waals surface area contributed by atoms with Gasteiger partial charge in [0.25, 0.3) is 0 Å². The van der Waals surface area contributed by atoms with Crippen molar-refractivity contribution in [3.05, 3.63) is 59.6 Å². The predicted octanol–water partition coefficient (Wildman–Crippen LogP) is 2.70. The maximum Gasteiger partial charge on any atom is 0.326 e. The first-order valence-electron chi connectivity index (χ1n) is 7.84. The number of halogens is 2. The zero-order chi connectivity index (χ0) is 21.0. The van der Waals surface area contributed by atoms with Crippen LogP contribution in [0.1, 0.15) is 0 Å². The minimum Gasteiger partial charge on any atom is -0.324 e. The molecule has 0 saturated heterocycles. The number of benzene rings is 2. The standard InChI is InChI=1S/C16H13ClFN7O3S/c17-13-22-14(20-10-3-1-9(18)2-4-10)24-15(23-13)25-16(26)21-11-5-7-12(8-6-11)29(19,27)28/h1-8H,(H2,19,27,28)(H3,20,21,22,23,24,25,26). The lowest BCUT2D eigenvalue weighted by Crippen LogP contribution is -2.21. The van der Waals surface area contributed by atoms with Crippen molar-refractivity contribution >= 4 is 50.9 Å². The molecule has 3 rings (SSSR count). The smallest absolute Gasteiger partial charge is 0.324 e. The van der Waals surface area contributed by atoms with Crippen molar-refractivity contribution in [2.45, 2.75) is 4.90 Å². The summed E-state index contributed by atoms with van der Waals surface area (Å²) in [6, 6.07) is 9.95. The van der Waals surface area contributed by atoms with Crippen molar-refractivity contribution in [3.63, 3.8) is 0 Å². The van der Waals surface area contributed by atoms with Gasteiger partial charge in [0, 0.05) is 11.4 Å². The number of sulfonamides is 1. The van der Waals surface area contributed by atoms with E-state index < -0.39 is 21.9 Å². The minimum absolute atomic E-state index is 0.0319. The van der Waals surface area contributed by atoms with Crippen LogP contribution >= 0.6 is 11.6 Å². The largest absolute Gasteiger partial charge is 0.326 e. The Balaban J connectivity index is 1.68. The Morgan fingerprint density at radius 2 is 1.48 bits per heavy atom. The number of rotatable bonds is 5. The number of nitrogens with two attached hydrogens (primary N) is 1. The molecule has 0 saturated carbocycles. The third-order valence-corrected chi connectivity index (χ3v) is 4.47. The van der Waals surface area contributed by atoms with E-state index in [0.717, 1.165) is 0 Å². The number of amides is 2. The fourth-order valence-electron chi connectivity index (χ4n) is 2.12. The molecule has 0 bridgehead atoms. The topological polar surface area (TPSA) is 152 Å². The lowest BCUT2D eigenvalue weighted by molar-refractivity contribution is 0.262. The molecule has 29 heavy (non-hydrogen) atoms. The first-order valence-corrected chi connectivity index (χ1v) is 9.76. The van der Waals surface area contributed by atoms with E-state index in [9.17, 15) is 17.6 Å². The van der Waals surface area contributed by atoms with Gasteiger partial charge in [-0.1, -0.05) is 0 Å². The third kappa shape index (κ3) is 5.81. The van der Waals surface area contributed by atoms with Crippen LogP contribution in [0.2, 0.25) is 5.28 Å². The van der Waals surface area contributed by atoms with E-state index in [2.05, 4.69) is 30.9 Å². The number of aromatic nitrogens is 3. The summed E-state index contributed by atoms with van der Waals surface area (Å²) >= 11 is 5.84. The van der Waals surface area contributed by atoms with Crippen LogP contribution in [-0.2, 0) is 10.0 Å². The Kier molecular flexibility index (Phi) is 5.87. The van der Waals surface area contributed by atoms with E-state index >= 15 is 0 Å². The van der Waals surface area contributed by atoms with Crippen LogP contribution in [0, 0.1) is 5.82 Å². The van der Waals surface area contributed by atoms with E-state index in [1.165, 1.54) is 48.5 Å². The van der Waals surface area contributed by atoms with Gasteiger partial charge in [0.05, 0.1) is 4.90 Å². The lowest BCUT2D eigenvalue weighted by Gasteiger charge is -2.09. The molecule has 0 spiro atoms. The van der Waals surface area contributed by atoms with Crippen LogP contribution < -0.4 is 21.1 Å². The van der Waals surface area contributed by atoms with Gasteiger partial charge in [-0.15, -0.1) is 0 Å². The van der Waals surface area contributed by atoms with Gasteiger partial charge in [-0.2, -0.15) is 15.0 Å². The quantitative estimate of drug-likeness (QED) is 0.478. The molecule has 13 heteroatoms. The summed E-state index contributed by atoms with van der Waals surface area (Å²) in [5, 5.41) is 12.5. The van der Waals surface area contributed by atoms with Crippen LogP contribution in [0.5, 0.6) is 0 Å². The molecule has 1 heterocycles. The van der Waals surface area contributed by atoms with Crippen LogP contribution in [0.3, 0.4) is 0 Å². The van der Waals surface area contributed by atoms with Crippen LogP contribution in [-0.4, -0.2) is 29.4 Å². The van der Waals surface area contributed by atoms with Crippen molar-refractivity contribution in [1.82, 2.24) is 15.0 Å². The third-order valence-electron chi connectivity index (χ3n) is 3.37. The maximum atomic E-state index is 13.0. The van der Waals surface area contributed by atoms with Crippen molar-refractivity contribution < 1.29 is 17.6 Å². The molecule has 0 unspecified atom stereocenters. The molecule has 0 radical (unpaired) electrons. The second-order valence-corrected chi connectivity index (χ2v) is 7.43. The van der Waals surface area contributed by atoms with E-state index in [4.69, 9.17) is 16.7 Å². The molecule has 5 N–H and O–H groups in total. The van der Waals surface area contributed by atoms with Gasteiger partial charge in [-0.05, 0) is 60.1 Å². The van der Waals surface area contributed by atoms with Gasteiger partial charge >= 0.3 is 6.03 Å². The number of hydrogen-bond donors (Lipinski definition) is 4. The summed E-state index contributed by atoms with van der Waals surface area (Å²) in [5.41, 5.74) is 0.804. The van der Waals surface area contributed by atoms with Crippen molar-refractivity contribution in [1.29, 1.82) is 0 Å². The molecule has 150 valence electrons. The zero-order valence-corrected chi connectivity index (χ0v) is 16.0. The van der Waals surface area contributed by atoms with Gasteiger partial charge in [-0.3, -0.25) is 5.32 Å². The Morgan fingerprint density at radius 3 is 2.10 bits per heavy atom. The van der Waals surface area contributed by atoms with E-state index in [0.29, 0.717) is 11.4 Å². The first-order chi connectivity index (χ1) is 13.7. The Hall–Kier alpha value is -3.35. The Morgan fingerprint density at radius 1 is 0.897 bits per heavy atom. The molecule has 1 aromatic heterocycles. The fourth-order valence-corrected chi connectivity index (χ4v) is 2.79. The second kappa shape index (κ2) is 8.34. The highest BCUT2D eigenvalue weighted by Crippen LogP contribution is 2.17. The summed E-state index contributed by atoms with van der Waals surface area (Å²) in [6.45, 7) is 0. The number of carbonyl (C=O) groups excluding carboxylic acids is 1. The predicted molar refractivity (Wildman–Crippen MR) is 105 cm³/mol. The Labute approximate surface area is 169 Å². The van der Waals surface area contributed by atoms with E-state index in [1.807, 2.05) is 0 Å². The van der Waals surface area contributed by atoms with E-state index in [-0.39, 0.29) is 22.1 Å². The SMILES string of the molecule is NS(=O)(=O)c1ccc(NC(=O)Nc2nc(Cl)nc(Nc3ccc(F)cc3)n2)cc1. The normalized spacial score (nSPS) is 11.0. The molecule has 10 nitrogen and oxygen atoms in total. The number of primary sulfonamides is 1. The number of carbonyl (C=O) groups is 1. The molecule has 0 aliphatic carbocycles. The fraction of sp³-hybridized carbons (Fsp3) is 0. The number of hydrogen-bond acceptors (Lipinski definition) is 7. The molecular weight excluding hydrogens is 425 g/mol. The molecule has 2 aromatic carbocycles. The first kappa shape index (κ1) is 20.4. The van der Waals surface area contributed by atoms with Gasteiger partial charge in [0.2, 0.25) is 27.2 Å². The van der Waals surface area contributed by atoms with Gasteiger partial charge in [-0.25, -0.2) is 22.7 Å². The monoisotopic (exact) mass is 437 g/mol. The molecule has 2 amide bonds. The summed E-state index contributed by atoms with van der Waals surface area (Å²) < 4.78 is 35.5. The summed E-state index contributed by atoms with van der Waals surface area (Å²) in [6.07, 6.45) is 0. The number of nitrogens with one attached hydrogen (secondary N) is 3. The second-order valence-electron chi connectivity index (χ2n) is 5.53. The maximum absolute atomic E-state index is 13.0. The number of anilines is 4. The molecule has 0 fully saturated rings. The molecule has 0 aliphatic rings. The molecule has 0 atom stereocenters. The summed E-state index contributed by atoms with van der Waals surface area (Å²) in [7, 11) is -3.83. The van der Waals surface area contributed by atoms with Crippen LogP contribution in [0.25, 0.3) is 0 Å². The van der Waals surface area contributed by atoms with Crippen molar-refractivity contribution in [2.75, 3.05) is 16.0 Å². The Bertz CT molecular complexity index is 1140. The van der Waals surface area contributed by atoms with Gasteiger partial charge in [0.1, 0.15) is 5.82 Å². The average Bonchev–Trinajstić information content (AvgIpc) is 2.63. The highest BCUT2D eigenvalue weighted by molar-refractivity contribution is 7.89. The summed E-state index contributed by atoms with van der Waals surface area (Å²) in [4.78, 5) is 23.7. The van der Waals surface area contributed by atoms with Crippen LogP contribution in [0.4, 0.5) is 32.5 Å². The van der Waals surface area contributed by atoms with Crippen LogP contribution in [0.15, 0.2) is 53.4 Å². The van der Waals surface area contributed by atoms with Gasteiger partial charge < -0.3 is 10.6 Å². The van der Waals surface area contributed by atoms with Crippen molar-refractivity contribution in [3.8, 4) is 0 Å². The molecule has 3 aromatic rings. The number of nitrogens with zero attached hydrogens (tertiary/aromatic N) is 3. The lowest BCUT2D eigenvalue weighted by atomic mass is 10.3. The van der Waals surface area contributed by atoms with Gasteiger partial charge in [0.15, 0.2) is 0 Å². The highest BCUT2D eigenvalue weighted by Gasteiger charge is 2.11. The minimum atomic E-state index is -3.83. The highest BCUT2D eigenvalue weighted by atomic mass is 35.5. The summed E-state index contributed by atoms with van der Waals surface area (Å²) in [5.74, 6) is -0.516. The van der Waals surface area contributed by atoms with E-state index in [1.54, 1.807) is 0 Å². The van der Waals surface area contributed by atoms with Crippen molar-refractivity contribution in [2.24, 2.45) is 5.14 Å².